The smallest absolute Gasteiger partial charge is 0.262 e. The summed E-state index contributed by atoms with van der Waals surface area (Å²) >= 11 is 0. The van der Waals surface area contributed by atoms with Crippen LogP contribution >= 0.6 is 0 Å². The first-order valence-corrected chi connectivity index (χ1v) is 8.21. The van der Waals surface area contributed by atoms with Gasteiger partial charge < -0.3 is 19.5 Å². The lowest BCUT2D eigenvalue weighted by molar-refractivity contribution is -0.117. The molecule has 1 heterocycles. The minimum atomic E-state index is -0.448. The fourth-order valence-corrected chi connectivity index (χ4v) is 2.51. The molecule has 0 saturated heterocycles. The Morgan fingerprint density at radius 1 is 1.27 bits per heavy atom. The molecule has 0 atom stereocenters. The topological polar surface area (TPSA) is 80.6 Å². The summed E-state index contributed by atoms with van der Waals surface area (Å²) in [7, 11) is 0. The lowest BCUT2D eigenvalue weighted by atomic mass is 10.1. The Bertz CT molecular complexity index is 869. The minimum absolute atomic E-state index is 0.0132. The van der Waals surface area contributed by atoms with Crippen LogP contribution in [0.3, 0.4) is 0 Å². The van der Waals surface area contributed by atoms with Gasteiger partial charge in [0.2, 0.25) is 6.79 Å². The van der Waals surface area contributed by atoms with E-state index in [4.69, 9.17) is 14.2 Å². The van der Waals surface area contributed by atoms with Crippen molar-refractivity contribution in [1.29, 1.82) is 5.26 Å². The van der Waals surface area contributed by atoms with Crippen LogP contribution in [-0.4, -0.2) is 19.3 Å². The summed E-state index contributed by atoms with van der Waals surface area (Å²) in [6, 6.07) is 14.8. The average Bonchev–Trinajstić information content (AvgIpc) is 3.12. The van der Waals surface area contributed by atoms with Gasteiger partial charge in [0.15, 0.2) is 11.5 Å². The predicted molar refractivity (Wildman–Crippen MR) is 95.6 cm³/mol. The van der Waals surface area contributed by atoms with Crippen LogP contribution in [0.5, 0.6) is 17.2 Å². The summed E-state index contributed by atoms with van der Waals surface area (Å²) in [6.45, 7) is 2.79. The van der Waals surface area contributed by atoms with Crippen molar-refractivity contribution in [2.45, 2.75) is 13.5 Å². The molecule has 132 valence electrons. The standard InChI is InChI=1S/C20H18N2O4/c1-2-24-17-10-19-18(25-13-26-19)9-15(17)8-16(11-21)20(23)22-12-14-6-4-3-5-7-14/h3-10H,2,12-13H2,1H3,(H,22,23)/b16-8+. The number of nitriles is 1. The number of hydrogen-bond acceptors (Lipinski definition) is 5. The van der Waals surface area contributed by atoms with Gasteiger partial charge in [0.1, 0.15) is 17.4 Å². The van der Waals surface area contributed by atoms with E-state index < -0.39 is 5.91 Å². The second-order valence-corrected chi connectivity index (χ2v) is 5.51. The van der Waals surface area contributed by atoms with E-state index in [1.165, 1.54) is 6.08 Å². The molecule has 1 amide bonds. The van der Waals surface area contributed by atoms with Gasteiger partial charge in [-0.1, -0.05) is 30.3 Å². The average molecular weight is 350 g/mol. The number of nitrogens with zero attached hydrogens (tertiary/aromatic N) is 1. The highest BCUT2D eigenvalue weighted by atomic mass is 16.7. The summed E-state index contributed by atoms with van der Waals surface area (Å²) < 4.78 is 16.3. The summed E-state index contributed by atoms with van der Waals surface area (Å²) in [5.41, 5.74) is 1.53. The van der Waals surface area contributed by atoms with Crippen LogP contribution in [0.1, 0.15) is 18.1 Å². The zero-order valence-electron chi connectivity index (χ0n) is 14.3. The highest BCUT2D eigenvalue weighted by molar-refractivity contribution is 6.02. The number of nitrogens with one attached hydrogen (secondary N) is 1. The van der Waals surface area contributed by atoms with Gasteiger partial charge in [-0.15, -0.1) is 0 Å². The van der Waals surface area contributed by atoms with Crippen molar-refractivity contribution in [3.8, 4) is 23.3 Å². The molecule has 0 unspecified atom stereocenters. The molecule has 26 heavy (non-hydrogen) atoms. The molecule has 6 nitrogen and oxygen atoms in total. The Morgan fingerprint density at radius 3 is 2.69 bits per heavy atom. The molecular weight excluding hydrogens is 332 g/mol. The van der Waals surface area contributed by atoms with Gasteiger partial charge in [-0.05, 0) is 24.6 Å². The molecule has 0 aliphatic carbocycles. The second kappa shape index (κ2) is 8.08. The number of carbonyl (C=O) groups is 1. The molecule has 0 radical (unpaired) electrons. The van der Waals surface area contributed by atoms with Gasteiger partial charge in [-0.3, -0.25) is 4.79 Å². The molecule has 0 aromatic heterocycles. The Balaban J connectivity index is 1.82. The van der Waals surface area contributed by atoms with Crippen molar-refractivity contribution in [1.82, 2.24) is 5.32 Å². The molecule has 3 rings (SSSR count). The number of rotatable bonds is 6. The van der Waals surface area contributed by atoms with E-state index in [1.807, 2.05) is 43.3 Å². The SMILES string of the molecule is CCOc1cc2c(cc1/C=C(\C#N)C(=O)NCc1ccccc1)OCO2. The van der Waals surface area contributed by atoms with Crippen LogP contribution in [0.15, 0.2) is 48.0 Å². The molecule has 0 fully saturated rings. The molecule has 0 bridgehead atoms. The van der Waals surface area contributed by atoms with Gasteiger partial charge in [0, 0.05) is 18.2 Å². The Morgan fingerprint density at radius 2 is 2.00 bits per heavy atom. The fourth-order valence-electron chi connectivity index (χ4n) is 2.51. The van der Waals surface area contributed by atoms with Crippen molar-refractivity contribution in [3.63, 3.8) is 0 Å². The first-order valence-electron chi connectivity index (χ1n) is 8.21. The number of benzene rings is 2. The van der Waals surface area contributed by atoms with E-state index in [-0.39, 0.29) is 12.4 Å². The van der Waals surface area contributed by atoms with Gasteiger partial charge in [0.05, 0.1) is 6.61 Å². The van der Waals surface area contributed by atoms with Crippen molar-refractivity contribution in [2.24, 2.45) is 0 Å². The van der Waals surface area contributed by atoms with Crippen LogP contribution in [-0.2, 0) is 11.3 Å². The van der Waals surface area contributed by atoms with E-state index in [9.17, 15) is 10.1 Å². The molecule has 1 N–H and O–H groups in total. The summed E-state index contributed by atoms with van der Waals surface area (Å²) in [4.78, 5) is 12.4. The molecule has 2 aromatic rings. The van der Waals surface area contributed by atoms with Crippen LogP contribution < -0.4 is 19.5 Å². The molecule has 1 aliphatic heterocycles. The maximum absolute atomic E-state index is 12.4. The molecule has 2 aromatic carbocycles. The van der Waals surface area contributed by atoms with Gasteiger partial charge in [0.25, 0.3) is 5.91 Å². The maximum atomic E-state index is 12.4. The number of carbonyl (C=O) groups excluding carboxylic acids is 1. The zero-order valence-corrected chi connectivity index (χ0v) is 14.3. The molecular formula is C20H18N2O4. The lowest BCUT2D eigenvalue weighted by Crippen LogP contribution is -2.23. The van der Waals surface area contributed by atoms with Crippen molar-refractivity contribution in [2.75, 3.05) is 13.4 Å². The summed E-state index contributed by atoms with van der Waals surface area (Å²) in [5, 5.41) is 12.1. The third-order valence-corrected chi connectivity index (χ3v) is 3.77. The zero-order chi connectivity index (χ0) is 18.4. The van der Waals surface area contributed by atoms with E-state index >= 15 is 0 Å². The largest absolute Gasteiger partial charge is 0.493 e. The minimum Gasteiger partial charge on any atom is -0.493 e. The molecule has 0 saturated carbocycles. The van der Waals surface area contributed by atoms with Crippen molar-refractivity contribution >= 4 is 12.0 Å². The predicted octanol–water partition coefficient (Wildman–Crippen LogP) is 3.04. The quantitative estimate of drug-likeness (QED) is 0.640. The van der Waals surface area contributed by atoms with E-state index in [0.29, 0.717) is 36.0 Å². The Hall–Kier alpha value is -3.46. The van der Waals surface area contributed by atoms with Crippen LogP contribution in [0.25, 0.3) is 6.08 Å². The Labute approximate surface area is 151 Å². The summed E-state index contributed by atoms with van der Waals surface area (Å²) in [5.74, 6) is 1.22. The van der Waals surface area contributed by atoms with Gasteiger partial charge >= 0.3 is 0 Å². The molecule has 6 heteroatoms. The van der Waals surface area contributed by atoms with E-state index in [0.717, 1.165) is 5.56 Å². The second-order valence-electron chi connectivity index (χ2n) is 5.51. The van der Waals surface area contributed by atoms with Crippen LogP contribution in [0, 0.1) is 11.3 Å². The normalized spacial score (nSPS) is 12.4. The lowest BCUT2D eigenvalue weighted by Gasteiger charge is -2.09. The molecule has 1 aliphatic rings. The number of ether oxygens (including phenoxy) is 3. The highest BCUT2D eigenvalue weighted by Gasteiger charge is 2.18. The van der Waals surface area contributed by atoms with Crippen molar-refractivity contribution < 1.29 is 19.0 Å². The number of hydrogen-bond donors (Lipinski definition) is 1. The van der Waals surface area contributed by atoms with Crippen molar-refractivity contribution in [3.05, 3.63) is 59.2 Å². The first-order chi connectivity index (χ1) is 12.7. The number of fused-ring (bicyclic) bond motifs is 1. The third-order valence-electron chi connectivity index (χ3n) is 3.77. The summed E-state index contributed by atoms with van der Waals surface area (Å²) in [6.07, 6.45) is 1.49. The maximum Gasteiger partial charge on any atom is 0.262 e. The van der Waals surface area contributed by atoms with E-state index in [2.05, 4.69) is 5.32 Å². The van der Waals surface area contributed by atoms with Crippen LogP contribution in [0.4, 0.5) is 0 Å². The molecule has 0 spiro atoms. The van der Waals surface area contributed by atoms with Crippen LogP contribution in [0.2, 0.25) is 0 Å². The van der Waals surface area contributed by atoms with Gasteiger partial charge in [-0.2, -0.15) is 5.26 Å². The highest BCUT2D eigenvalue weighted by Crippen LogP contribution is 2.39. The third kappa shape index (κ3) is 3.95. The first kappa shape index (κ1) is 17.4. The Kier molecular flexibility index (Phi) is 5.40. The monoisotopic (exact) mass is 350 g/mol. The van der Waals surface area contributed by atoms with E-state index in [1.54, 1.807) is 12.1 Å². The van der Waals surface area contributed by atoms with Gasteiger partial charge in [-0.25, -0.2) is 0 Å². The fraction of sp³-hybridized carbons (Fsp3) is 0.200. The number of amides is 1.